The summed E-state index contributed by atoms with van der Waals surface area (Å²) in [6.07, 6.45) is 59.6. The summed E-state index contributed by atoms with van der Waals surface area (Å²) < 4.78 is 11.6. The molecule has 0 aliphatic rings. The third kappa shape index (κ3) is 49.7. The minimum atomic E-state index is -0.706. The number of aliphatic hydroxyl groups is 2. The SMILES string of the molecule is CCCCC/C=C\C/C=C\CCCCCCCCOCCCCCCCCCCCCCCCC(=O)N(CCO)CC(O)COCCCCCCCCCCCCCCCC. The molecule has 6 nitrogen and oxygen atoms in total. The van der Waals surface area contributed by atoms with Gasteiger partial charge in [0.05, 0.1) is 19.3 Å². The normalized spacial score (nSPS) is 12.4. The van der Waals surface area contributed by atoms with E-state index in [1.165, 1.54) is 225 Å². The summed E-state index contributed by atoms with van der Waals surface area (Å²) in [4.78, 5) is 14.4. The first-order valence-corrected chi connectivity index (χ1v) is 27.2. The van der Waals surface area contributed by atoms with E-state index in [1.807, 2.05) is 0 Å². The number of unbranched alkanes of at least 4 members (excludes halogenated alkanes) is 34. The van der Waals surface area contributed by atoms with Crippen LogP contribution in [-0.4, -0.2) is 73.2 Å². The molecule has 0 aromatic rings. The summed E-state index contributed by atoms with van der Waals surface area (Å²) in [6, 6.07) is 0. The summed E-state index contributed by atoms with van der Waals surface area (Å²) in [5.74, 6) is 0.0374. The van der Waals surface area contributed by atoms with E-state index in [4.69, 9.17) is 9.47 Å². The molecule has 1 atom stereocenters. The van der Waals surface area contributed by atoms with Crippen LogP contribution in [-0.2, 0) is 14.3 Å². The summed E-state index contributed by atoms with van der Waals surface area (Å²) >= 11 is 0. The molecule has 0 spiro atoms. The maximum absolute atomic E-state index is 12.8. The standard InChI is InChI=1S/C55H107NO5/c1-3-5-7-9-11-13-15-17-19-20-24-27-31-35-39-43-49-60-50-44-40-36-32-28-25-21-22-26-30-34-38-42-46-55(59)56(47-48-57)52-54(58)53-61-51-45-41-37-33-29-23-18-16-14-12-10-8-6-4-2/h11,13,17,19,54,57-58H,3-10,12,14-16,18,20-53H2,1-2H3/b13-11-,19-17-. The Morgan fingerprint density at radius 1 is 0.459 bits per heavy atom. The van der Waals surface area contributed by atoms with Crippen molar-refractivity contribution in [3.63, 3.8) is 0 Å². The zero-order valence-electron chi connectivity index (χ0n) is 41.2. The van der Waals surface area contributed by atoms with Crippen LogP contribution in [0.1, 0.15) is 271 Å². The smallest absolute Gasteiger partial charge is 0.222 e. The first-order chi connectivity index (χ1) is 30.2. The molecule has 1 amide bonds. The number of allylic oxidation sites excluding steroid dienone is 4. The van der Waals surface area contributed by atoms with Crippen molar-refractivity contribution in [2.24, 2.45) is 0 Å². The van der Waals surface area contributed by atoms with Crippen LogP contribution in [0, 0.1) is 0 Å². The highest BCUT2D eigenvalue weighted by Crippen LogP contribution is 2.16. The van der Waals surface area contributed by atoms with Crippen molar-refractivity contribution in [1.82, 2.24) is 4.90 Å². The molecule has 0 rings (SSSR count). The molecule has 0 fully saturated rings. The molecule has 362 valence electrons. The summed E-state index contributed by atoms with van der Waals surface area (Å²) in [6.45, 7) is 7.78. The molecule has 0 aliphatic carbocycles. The second-order valence-corrected chi connectivity index (χ2v) is 18.4. The number of carbonyl (C=O) groups is 1. The number of nitrogens with zero attached hydrogens (tertiary/aromatic N) is 1. The van der Waals surface area contributed by atoms with Gasteiger partial charge in [0.15, 0.2) is 0 Å². The van der Waals surface area contributed by atoms with Crippen molar-refractivity contribution >= 4 is 5.91 Å². The molecule has 0 saturated carbocycles. The molecule has 0 aliphatic heterocycles. The molecule has 0 saturated heterocycles. The van der Waals surface area contributed by atoms with Gasteiger partial charge in [0, 0.05) is 39.3 Å². The molecule has 2 N–H and O–H groups in total. The van der Waals surface area contributed by atoms with Gasteiger partial charge in [-0.05, 0) is 57.8 Å². The van der Waals surface area contributed by atoms with E-state index in [-0.39, 0.29) is 32.2 Å². The summed E-state index contributed by atoms with van der Waals surface area (Å²) in [7, 11) is 0. The maximum atomic E-state index is 12.8. The quantitative estimate of drug-likeness (QED) is 0.0470. The van der Waals surface area contributed by atoms with Gasteiger partial charge in [0.2, 0.25) is 5.91 Å². The monoisotopic (exact) mass is 862 g/mol. The molecule has 0 heterocycles. The number of ether oxygens (including phenoxy) is 2. The Morgan fingerprint density at radius 3 is 1.23 bits per heavy atom. The van der Waals surface area contributed by atoms with Crippen molar-refractivity contribution in [2.75, 3.05) is 46.1 Å². The Balaban J connectivity index is 3.47. The molecule has 0 aromatic heterocycles. The highest BCUT2D eigenvalue weighted by Gasteiger charge is 2.17. The third-order valence-electron chi connectivity index (χ3n) is 12.3. The number of carbonyl (C=O) groups excluding carboxylic acids is 1. The molecule has 1 unspecified atom stereocenters. The lowest BCUT2D eigenvalue weighted by molar-refractivity contribution is -0.134. The number of hydrogen-bond donors (Lipinski definition) is 2. The Morgan fingerprint density at radius 2 is 0.803 bits per heavy atom. The zero-order valence-corrected chi connectivity index (χ0v) is 41.2. The first kappa shape index (κ1) is 59.8. The van der Waals surface area contributed by atoms with E-state index in [9.17, 15) is 15.0 Å². The van der Waals surface area contributed by atoms with Gasteiger partial charge >= 0.3 is 0 Å². The van der Waals surface area contributed by atoms with E-state index in [0.29, 0.717) is 13.0 Å². The predicted octanol–water partition coefficient (Wildman–Crippen LogP) is 16.0. The van der Waals surface area contributed by atoms with Crippen molar-refractivity contribution in [2.45, 2.75) is 277 Å². The Bertz CT molecular complexity index is 893. The van der Waals surface area contributed by atoms with Crippen molar-refractivity contribution in [3.05, 3.63) is 24.3 Å². The van der Waals surface area contributed by atoms with Crippen molar-refractivity contribution in [3.8, 4) is 0 Å². The van der Waals surface area contributed by atoms with Gasteiger partial charge in [-0.25, -0.2) is 0 Å². The van der Waals surface area contributed by atoms with Crippen LogP contribution in [0.15, 0.2) is 24.3 Å². The lowest BCUT2D eigenvalue weighted by Gasteiger charge is -2.24. The van der Waals surface area contributed by atoms with Gasteiger partial charge in [-0.3, -0.25) is 4.79 Å². The molecule has 0 bridgehead atoms. The van der Waals surface area contributed by atoms with Crippen LogP contribution in [0.3, 0.4) is 0 Å². The van der Waals surface area contributed by atoms with E-state index in [2.05, 4.69) is 38.2 Å². The van der Waals surface area contributed by atoms with Crippen LogP contribution >= 0.6 is 0 Å². The fourth-order valence-electron chi connectivity index (χ4n) is 8.24. The largest absolute Gasteiger partial charge is 0.395 e. The van der Waals surface area contributed by atoms with Crippen molar-refractivity contribution in [1.29, 1.82) is 0 Å². The number of hydrogen-bond acceptors (Lipinski definition) is 5. The molecule has 6 heteroatoms. The zero-order chi connectivity index (χ0) is 44.2. The van der Waals surface area contributed by atoms with Gasteiger partial charge in [-0.2, -0.15) is 0 Å². The molecule has 0 aromatic carbocycles. The van der Waals surface area contributed by atoms with E-state index < -0.39 is 6.10 Å². The van der Waals surface area contributed by atoms with Crippen LogP contribution in [0.4, 0.5) is 0 Å². The topological polar surface area (TPSA) is 79.2 Å². The van der Waals surface area contributed by atoms with E-state index in [1.54, 1.807) is 4.90 Å². The summed E-state index contributed by atoms with van der Waals surface area (Å²) in [5, 5.41) is 20.0. The fourth-order valence-corrected chi connectivity index (χ4v) is 8.24. The van der Waals surface area contributed by atoms with Crippen LogP contribution in [0.5, 0.6) is 0 Å². The van der Waals surface area contributed by atoms with Crippen molar-refractivity contribution < 1.29 is 24.5 Å². The molecular formula is C55H107NO5. The van der Waals surface area contributed by atoms with Gasteiger partial charge in [-0.15, -0.1) is 0 Å². The maximum Gasteiger partial charge on any atom is 0.222 e. The Kier molecular flexibility index (Phi) is 52.1. The third-order valence-corrected chi connectivity index (χ3v) is 12.3. The summed E-state index contributed by atoms with van der Waals surface area (Å²) in [5.41, 5.74) is 0. The van der Waals surface area contributed by atoms with Gasteiger partial charge in [0.25, 0.3) is 0 Å². The second kappa shape index (κ2) is 53.1. The highest BCUT2D eigenvalue weighted by molar-refractivity contribution is 5.76. The lowest BCUT2D eigenvalue weighted by atomic mass is 10.0. The van der Waals surface area contributed by atoms with Crippen LogP contribution in [0.2, 0.25) is 0 Å². The average molecular weight is 862 g/mol. The van der Waals surface area contributed by atoms with Gasteiger partial charge in [-0.1, -0.05) is 231 Å². The minimum absolute atomic E-state index is 0.0374. The molecule has 61 heavy (non-hydrogen) atoms. The fraction of sp³-hybridized carbons (Fsp3) is 0.909. The number of rotatable bonds is 52. The Labute approximate surface area is 381 Å². The lowest BCUT2D eigenvalue weighted by Crippen LogP contribution is -2.40. The van der Waals surface area contributed by atoms with E-state index in [0.717, 1.165) is 38.9 Å². The predicted molar refractivity (Wildman–Crippen MR) is 266 cm³/mol. The number of aliphatic hydroxyl groups excluding tert-OH is 2. The van der Waals surface area contributed by atoms with Gasteiger partial charge in [0.1, 0.15) is 0 Å². The van der Waals surface area contributed by atoms with Crippen LogP contribution < -0.4 is 0 Å². The van der Waals surface area contributed by atoms with Crippen LogP contribution in [0.25, 0.3) is 0 Å². The number of amides is 1. The second-order valence-electron chi connectivity index (χ2n) is 18.4. The molecule has 0 radical (unpaired) electrons. The Hall–Kier alpha value is -1.21. The molecular weight excluding hydrogens is 755 g/mol. The minimum Gasteiger partial charge on any atom is -0.395 e. The first-order valence-electron chi connectivity index (χ1n) is 27.2. The van der Waals surface area contributed by atoms with Gasteiger partial charge < -0.3 is 24.6 Å². The highest BCUT2D eigenvalue weighted by atomic mass is 16.5. The average Bonchev–Trinajstić information content (AvgIpc) is 3.26. The van der Waals surface area contributed by atoms with E-state index >= 15 is 0 Å².